The summed E-state index contributed by atoms with van der Waals surface area (Å²) in [6.07, 6.45) is -0.582. The molecule has 112 valence electrons. The molecule has 0 amide bonds. The van der Waals surface area contributed by atoms with Gasteiger partial charge >= 0.3 is 6.18 Å². The summed E-state index contributed by atoms with van der Waals surface area (Å²) in [5.74, 6) is 1.34. The van der Waals surface area contributed by atoms with E-state index in [9.17, 15) is 13.2 Å². The van der Waals surface area contributed by atoms with E-state index in [2.05, 4.69) is 19.2 Å². The molecule has 2 rings (SSSR count). The lowest BCUT2D eigenvalue weighted by molar-refractivity contribution is -0.137. The van der Waals surface area contributed by atoms with Crippen molar-refractivity contribution in [1.29, 1.82) is 0 Å². The van der Waals surface area contributed by atoms with Gasteiger partial charge in [0.15, 0.2) is 0 Å². The predicted molar refractivity (Wildman–Crippen MR) is 74.3 cm³/mol. The van der Waals surface area contributed by atoms with Crippen molar-refractivity contribution in [2.45, 2.75) is 51.9 Å². The maximum Gasteiger partial charge on any atom is 0.416 e. The summed E-state index contributed by atoms with van der Waals surface area (Å²) in [6, 6.07) is 5.91. The largest absolute Gasteiger partial charge is 0.416 e. The lowest BCUT2D eigenvalue weighted by Gasteiger charge is -2.34. The molecule has 3 unspecified atom stereocenters. The molecule has 0 radical (unpaired) electrons. The third-order valence-corrected chi connectivity index (χ3v) is 4.56. The highest BCUT2D eigenvalue weighted by Crippen LogP contribution is 2.30. The van der Waals surface area contributed by atoms with Crippen LogP contribution in [0.5, 0.6) is 0 Å². The first-order valence-electron chi connectivity index (χ1n) is 7.27. The van der Waals surface area contributed by atoms with Crippen molar-refractivity contribution >= 4 is 0 Å². The first kappa shape index (κ1) is 15.4. The summed E-state index contributed by atoms with van der Waals surface area (Å²) >= 11 is 0. The van der Waals surface area contributed by atoms with Crippen molar-refractivity contribution in [2.24, 2.45) is 11.8 Å². The van der Waals surface area contributed by atoms with E-state index in [0.29, 0.717) is 24.4 Å². The minimum atomic E-state index is -4.25. The smallest absolute Gasteiger partial charge is 0.310 e. The van der Waals surface area contributed by atoms with Crippen LogP contribution in [-0.4, -0.2) is 6.04 Å². The van der Waals surface area contributed by atoms with Crippen LogP contribution in [0.4, 0.5) is 13.2 Å². The van der Waals surface area contributed by atoms with Crippen LogP contribution in [0.3, 0.4) is 0 Å². The monoisotopic (exact) mass is 285 g/mol. The molecule has 1 aromatic carbocycles. The van der Waals surface area contributed by atoms with Crippen molar-refractivity contribution in [1.82, 2.24) is 5.32 Å². The molecule has 0 saturated heterocycles. The molecule has 0 bridgehead atoms. The van der Waals surface area contributed by atoms with Gasteiger partial charge in [0, 0.05) is 12.6 Å². The molecule has 4 heteroatoms. The highest BCUT2D eigenvalue weighted by atomic mass is 19.4. The molecule has 1 aromatic rings. The summed E-state index contributed by atoms with van der Waals surface area (Å²) in [6.45, 7) is 5.17. The molecule has 0 aliphatic heterocycles. The molecule has 1 nitrogen and oxygen atoms in total. The highest BCUT2D eigenvalue weighted by molar-refractivity contribution is 5.24. The Morgan fingerprint density at radius 3 is 2.35 bits per heavy atom. The van der Waals surface area contributed by atoms with Gasteiger partial charge in [0.2, 0.25) is 0 Å². The molecule has 0 heterocycles. The molecule has 1 fully saturated rings. The van der Waals surface area contributed by atoms with Crippen LogP contribution in [0.15, 0.2) is 24.3 Å². The molecule has 0 aromatic heterocycles. The van der Waals surface area contributed by atoms with Crippen LogP contribution in [-0.2, 0) is 12.7 Å². The van der Waals surface area contributed by atoms with Crippen LogP contribution in [0.25, 0.3) is 0 Å². The second-order valence-electron chi connectivity index (χ2n) is 5.95. The Balaban J connectivity index is 1.91. The Bertz CT molecular complexity index is 424. The van der Waals surface area contributed by atoms with Gasteiger partial charge < -0.3 is 5.32 Å². The SMILES string of the molecule is CC1CCCC(NCc2ccc(C(F)(F)F)cc2)C1C. The molecule has 1 saturated carbocycles. The van der Waals surface area contributed by atoms with Gasteiger partial charge in [-0.3, -0.25) is 0 Å². The normalized spacial score (nSPS) is 27.6. The van der Waals surface area contributed by atoms with E-state index in [0.717, 1.165) is 24.1 Å². The van der Waals surface area contributed by atoms with Crippen LogP contribution in [0.1, 0.15) is 44.2 Å². The van der Waals surface area contributed by atoms with Gasteiger partial charge in [-0.2, -0.15) is 13.2 Å². The lowest BCUT2D eigenvalue weighted by Crippen LogP contribution is -2.40. The number of halogens is 3. The predicted octanol–water partition coefficient (Wildman–Crippen LogP) is 4.62. The lowest BCUT2D eigenvalue weighted by atomic mass is 9.78. The van der Waals surface area contributed by atoms with Crippen LogP contribution in [0, 0.1) is 11.8 Å². The van der Waals surface area contributed by atoms with Gasteiger partial charge in [0.05, 0.1) is 5.56 Å². The summed E-state index contributed by atoms with van der Waals surface area (Å²) in [7, 11) is 0. The topological polar surface area (TPSA) is 12.0 Å². The van der Waals surface area contributed by atoms with E-state index in [-0.39, 0.29) is 0 Å². The van der Waals surface area contributed by atoms with Crippen LogP contribution < -0.4 is 5.32 Å². The third kappa shape index (κ3) is 3.75. The van der Waals surface area contributed by atoms with Crippen LogP contribution >= 0.6 is 0 Å². The van der Waals surface area contributed by atoms with Gasteiger partial charge in [-0.1, -0.05) is 38.8 Å². The van der Waals surface area contributed by atoms with Crippen molar-refractivity contribution in [3.63, 3.8) is 0 Å². The standard InChI is InChI=1S/C16H22F3N/c1-11-4-3-5-15(12(11)2)20-10-13-6-8-14(9-7-13)16(17,18)19/h6-9,11-12,15,20H,3-5,10H2,1-2H3. The number of benzene rings is 1. The zero-order valence-corrected chi connectivity index (χ0v) is 12.0. The molecule has 20 heavy (non-hydrogen) atoms. The molecule has 3 atom stereocenters. The Labute approximate surface area is 118 Å². The highest BCUT2D eigenvalue weighted by Gasteiger charge is 2.30. The summed E-state index contributed by atoms with van der Waals surface area (Å²) < 4.78 is 37.4. The zero-order valence-electron chi connectivity index (χ0n) is 12.0. The Kier molecular flexibility index (Phi) is 4.74. The molecular weight excluding hydrogens is 263 g/mol. The van der Waals surface area contributed by atoms with Crippen molar-refractivity contribution in [3.8, 4) is 0 Å². The Morgan fingerprint density at radius 1 is 1.10 bits per heavy atom. The first-order valence-corrected chi connectivity index (χ1v) is 7.27. The Morgan fingerprint density at radius 2 is 1.75 bits per heavy atom. The maximum absolute atomic E-state index is 12.5. The fourth-order valence-corrected chi connectivity index (χ4v) is 2.93. The fourth-order valence-electron chi connectivity index (χ4n) is 2.93. The van der Waals surface area contributed by atoms with Gasteiger partial charge in [0.1, 0.15) is 0 Å². The Hall–Kier alpha value is -1.03. The van der Waals surface area contributed by atoms with Crippen molar-refractivity contribution < 1.29 is 13.2 Å². The van der Waals surface area contributed by atoms with E-state index in [4.69, 9.17) is 0 Å². The molecule has 1 aliphatic carbocycles. The van der Waals surface area contributed by atoms with Gasteiger partial charge in [-0.25, -0.2) is 0 Å². The zero-order chi connectivity index (χ0) is 14.8. The van der Waals surface area contributed by atoms with Crippen molar-refractivity contribution in [2.75, 3.05) is 0 Å². The van der Waals surface area contributed by atoms with Gasteiger partial charge in [-0.05, 0) is 36.0 Å². The molecule has 0 spiro atoms. The van der Waals surface area contributed by atoms with E-state index < -0.39 is 11.7 Å². The summed E-state index contributed by atoms with van der Waals surface area (Å²) in [5.41, 5.74) is 0.323. The van der Waals surface area contributed by atoms with Gasteiger partial charge in [-0.15, -0.1) is 0 Å². The molecular formula is C16H22F3N. The van der Waals surface area contributed by atoms with E-state index in [1.807, 2.05) is 0 Å². The third-order valence-electron chi connectivity index (χ3n) is 4.56. The minimum absolute atomic E-state index is 0.473. The summed E-state index contributed by atoms with van der Waals surface area (Å²) in [4.78, 5) is 0. The number of alkyl halides is 3. The van der Waals surface area contributed by atoms with Crippen molar-refractivity contribution in [3.05, 3.63) is 35.4 Å². The average molecular weight is 285 g/mol. The average Bonchev–Trinajstić information content (AvgIpc) is 2.40. The molecule has 1 N–H and O–H groups in total. The maximum atomic E-state index is 12.5. The van der Waals surface area contributed by atoms with E-state index >= 15 is 0 Å². The molecule has 1 aliphatic rings. The quantitative estimate of drug-likeness (QED) is 0.854. The minimum Gasteiger partial charge on any atom is -0.310 e. The van der Waals surface area contributed by atoms with E-state index in [1.54, 1.807) is 12.1 Å². The number of hydrogen-bond acceptors (Lipinski definition) is 1. The number of rotatable bonds is 3. The van der Waals surface area contributed by atoms with Crippen LogP contribution in [0.2, 0.25) is 0 Å². The number of nitrogens with one attached hydrogen (secondary N) is 1. The van der Waals surface area contributed by atoms with Gasteiger partial charge in [0.25, 0.3) is 0 Å². The second-order valence-corrected chi connectivity index (χ2v) is 5.95. The van der Waals surface area contributed by atoms with E-state index in [1.165, 1.54) is 12.8 Å². The summed E-state index contributed by atoms with van der Waals surface area (Å²) in [5, 5.41) is 3.50. The number of hydrogen-bond donors (Lipinski definition) is 1. The second kappa shape index (κ2) is 6.17. The first-order chi connectivity index (χ1) is 9.38. The fraction of sp³-hybridized carbons (Fsp3) is 0.625.